The maximum atomic E-state index is 13.4. The molecule has 1 aromatic carbocycles. The molecular formula is C17H24F2. The molecule has 0 bridgehead atoms. The Balaban J connectivity index is 0.000000861. The molecular weight excluding hydrogens is 242 g/mol. The van der Waals surface area contributed by atoms with Crippen LogP contribution in [0.3, 0.4) is 0 Å². The van der Waals surface area contributed by atoms with Crippen LogP contribution in [0.15, 0.2) is 35.9 Å². The van der Waals surface area contributed by atoms with Gasteiger partial charge in [0.2, 0.25) is 0 Å². The van der Waals surface area contributed by atoms with Crippen molar-refractivity contribution in [3.63, 3.8) is 0 Å². The zero-order valence-corrected chi connectivity index (χ0v) is 12.2. The Morgan fingerprint density at radius 1 is 1.11 bits per heavy atom. The summed E-state index contributed by atoms with van der Waals surface area (Å²) in [6, 6.07) is 6.74. The molecule has 1 aromatic rings. The first kappa shape index (κ1) is 15.9. The molecule has 106 valence electrons. The van der Waals surface area contributed by atoms with Crippen LogP contribution in [-0.4, -0.2) is 0 Å². The molecule has 0 spiro atoms. The van der Waals surface area contributed by atoms with Crippen LogP contribution in [0, 0.1) is 0 Å². The van der Waals surface area contributed by atoms with Crippen LogP contribution in [0.25, 0.3) is 0 Å². The van der Waals surface area contributed by atoms with E-state index in [1.54, 1.807) is 12.1 Å². The average Bonchev–Trinajstić information content (AvgIpc) is 2.40. The third kappa shape index (κ3) is 4.45. The second-order valence-electron chi connectivity index (χ2n) is 4.67. The van der Waals surface area contributed by atoms with E-state index in [4.69, 9.17) is 0 Å². The van der Waals surface area contributed by atoms with Crippen LogP contribution < -0.4 is 0 Å². The Morgan fingerprint density at radius 3 is 2.11 bits per heavy atom. The maximum absolute atomic E-state index is 13.4. The lowest BCUT2D eigenvalue weighted by Gasteiger charge is -2.16. The van der Waals surface area contributed by atoms with Gasteiger partial charge in [0, 0.05) is 12.0 Å². The smallest absolute Gasteiger partial charge is 0.201 e. The highest BCUT2D eigenvalue weighted by molar-refractivity contribution is 5.28. The fourth-order valence-corrected chi connectivity index (χ4v) is 1.94. The Labute approximate surface area is 115 Å². The van der Waals surface area contributed by atoms with Gasteiger partial charge in [0.25, 0.3) is 5.92 Å². The van der Waals surface area contributed by atoms with Gasteiger partial charge < -0.3 is 0 Å². The van der Waals surface area contributed by atoms with Crippen molar-refractivity contribution in [2.24, 2.45) is 0 Å². The first-order valence-electron chi connectivity index (χ1n) is 7.27. The summed E-state index contributed by atoms with van der Waals surface area (Å²) in [6.07, 6.45) is 6.69. The zero-order valence-electron chi connectivity index (χ0n) is 12.2. The summed E-state index contributed by atoms with van der Waals surface area (Å²) < 4.78 is 26.8. The molecule has 1 saturated carbocycles. The molecule has 1 aliphatic carbocycles. The van der Waals surface area contributed by atoms with E-state index in [1.165, 1.54) is 31.8 Å². The molecule has 1 fully saturated rings. The van der Waals surface area contributed by atoms with E-state index < -0.39 is 5.92 Å². The minimum atomic E-state index is -2.69. The van der Waals surface area contributed by atoms with Crippen molar-refractivity contribution in [1.82, 2.24) is 0 Å². The summed E-state index contributed by atoms with van der Waals surface area (Å²) in [4.78, 5) is 0. The molecule has 0 N–H and O–H groups in total. The number of hydrogen-bond donors (Lipinski definition) is 0. The lowest BCUT2D eigenvalue weighted by molar-refractivity contribution is -0.00829. The third-order valence-corrected chi connectivity index (χ3v) is 3.44. The Morgan fingerprint density at radius 2 is 1.68 bits per heavy atom. The van der Waals surface area contributed by atoms with Gasteiger partial charge in [0.1, 0.15) is 0 Å². The number of rotatable bonds is 4. The van der Waals surface area contributed by atoms with E-state index in [9.17, 15) is 8.78 Å². The van der Waals surface area contributed by atoms with Crippen LogP contribution in [0.4, 0.5) is 8.78 Å². The molecule has 0 aliphatic heterocycles. The van der Waals surface area contributed by atoms with E-state index in [-0.39, 0.29) is 12.0 Å². The van der Waals surface area contributed by atoms with Crippen LogP contribution in [0.5, 0.6) is 0 Å². The first-order valence-corrected chi connectivity index (χ1v) is 7.27. The molecule has 0 saturated heterocycles. The van der Waals surface area contributed by atoms with Crippen LogP contribution in [-0.2, 0) is 12.3 Å². The fourth-order valence-electron chi connectivity index (χ4n) is 1.94. The minimum absolute atomic E-state index is 0.125. The highest BCUT2D eigenvalue weighted by Crippen LogP contribution is 2.31. The molecule has 19 heavy (non-hydrogen) atoms. The lowest BCUT2D eigenvalue weighted by atomic mass is 9.91. The van der Waals surface area contributed by atoms with Gasteiger partial charge >= 0.3 is 0 Å². The Bertz CT molecular complexity index is 396. The molecule has 2 rings (SSSR count). The van der Waals surface area contributed by atoms with Crippen molar-refractivity contribution in [1.29, 1.82) is 0 Å². The Hall–Kier alpha value is -1.18. The summed E-state index contributed by atoms with van der Waals surface area (Å²) in [7, 11) is 0. The summed E-state index contributed by atoms with van der Waals surface area (Å²) in [5.74, 6) is -2.69. The van der Waals surface area contributed by atoms with Crippen molar-refractivity contribution >= 4 is 0 Å². The van der Waals surface area contributed by atoms with E-state index >= 15 is 0 Å². The summed E-state index contributed by atoms with van der Waals surface area (Å²) >= 11 is 0. The number of halogens is 2. The van der Waals surface area contributed by atoms with Gasteiger partial charge in [-0.3, -0.25) is 0 Å². The molecule has 0 unspecified atom stereocenters. The SMILES string of the molecule is CC.CCC(F)(F)c1ccc(CC=C2CCC2)cc1. The molecule has 1 aliphatic rings. The molecule has 0 radical (unpaired) electrons. The molecule has 0 nitrogen and oxygen atoms in total. The largest absolute Gasteiger partial charge is 0.273 e. The number of alkyl halides is 2. The predicted molar refractivity (Wildman–Crippen MR) is 77.6 cm³/mol. The quantitative estimate of drug-likeness (QED) is 0.598. The highest BCUT2D eigenvalue weighted by atomic mass is 19.3. The average molecular weight is 266 g/mol. The molecule has 0 atom stereocenters. The zero-order chi connectivity index (χ0) is 14.3. The van der Waals surface area contributed by atoms with Gasteiger partial charge in [-0.15, -0.1) is 0 Å². The number of allylic oxidation sites excluding steroid dienone is 2. The van der Waals surface area contributed by atoms with E-state index in [2.05, 4.69) is 6.08 Å². The standard InChI is InChI=1S/C15H18F2.C2H6/c1-2-15(16,17)14-10-8-13(9-11-14)7-6-12-4-3-5-12;1-2/h6,8-11H,2-5,7H2,1H3;1-2H3. The van der Waals surface area contributed by atoms with Gasteiger partial charge in [-0.2, -0.15) is 0 Å². The minimum Gasteiger partial charge on any atom is -0.201 e. The first-order chi connectivity index (χ1) is 9.12. The monoisotopic (exact) mass is 266 g/mol. The molecule has 0 heterocycles. The predicted octanol–water partition coefficient (Wildman–Crippen LogP) is 5.87. The van der Waals surface area contributed by atoms with Gasteiger partial charge in [-0.05, 0) is 31.2 Å². The van der Waals surface area contributed by atoms with Crippen molar-refractivity contribution in [2.75, 3.05) is 0 Å². The summed E-state index contributed by atoms with van der Waals surface area (Å²) in [5, 5.41) is 0. The molecule has 0 aromatic heterocycles. The van der Waals surface area contributed by atoms with E-state index in [1.807, 2.05) is 26.0 Å². The summed E-state index contributed by atoms with van der Waals surface area (Å²) in [5.41, 5.74) is 2.74. The number of benzene rings is 1. The van der Waals surface area contributed by atoms with Gasteiger partial charge in [-0.1, -0.05) is 56.7 Å². The van der Waals surface area contributed by atoms with Crippen molar-refractivity contribution in [2.45, 2.75) is 58.8 Å². The molecule has 0 amide bonds. The highest BCUT2D eigenvalue weighted by Gasteiger charge is 2.28. The van der Waals surface area contributed by atoms with Gasteiger partial charge in [0.05, 0.1) is 0 Å². The summed E-state index contributed by atoms with van der Waals surface area (Å²) in [6.45, 7) is 5.51. The second-order valence-corrected chi connectivity index (χ2v) is 4.67. The number of hydrogen-bond acceptors (Lipinski definition) is 0. The second kappa shape index (κ2) is 7.42. The van der Waals surface area contributed by atoms with Crippen LogP contribution in [0.2, 0.25) is 0 Å². The van der Waals surface area contributed by atoms with Crippen molar-refractivity contribution < 1.29 is 8.78 Å². The lowest BCUT2D eigenvalue weighted by Crippen LogP contribution is -2.11. The topological polar surface area (TPSA) is 0 Å². The van der Waals surface area contributed by atoms with Crippen LogP contribution in [0.1, 0.15) is 57.6 Å². The fraction of sp³-hybridized carbons (Fsp3) is 0.529. The van der Waals surface area contributed by atoms with E-state index in [0.29, 0.717) is 0 Å². The Kier molecular flexibility index (Phi) is 6.20. The van der Waals surface area contributed by atoms with Gasteiger partial charge in [0.15, 0.2) is 0 Å². The normalized spacial score (nSPS) is 14.3. The van der Waals surface area contributed by atoms with E-state index in [0.717, 1.165) is 12.0 Å². The molecule has 2 heteroatoms. The van der Waals surface area contributed by atoms with Crippen molar-refractivity contribution in [3.8, 4) is 0 Å². The van der Waals surface area contributed by atoms with Crippen LogP contribution >= 0.6 is 0 Å². The van der Waals surface area contributed by atoms with Crippen molar-refractivity contribution in [3.05, 3.63) is 47.0 Å². The van der Waals surface area contributed by atoms with Gasteiger partial charge in [-0.25, -0.2) is 8.78 Å². The maximum Gasteiger partial charge on any atom is 0.273 e. The third-order valence-electron chi connectivity index (χ3n) is 3.44.